The average Bonchev–Trinajstić information content (AvgIpc) is 2.73. The van der Waals surface area contributed by atoms with Crippen molar-refractivity contribution in [1.82, 2.24) is 4.90 Å². The molecular weight excluding hydrogens is 392 g/mol. The fourth-order valence-electron chi connectivity index (χ4n) is 4.19. The number of amides is 3. The summed E-state index contributed by atoms with van der Waals surface area (Å²) in [4.78, 5) is 43.1. The predicted molar refractivity (Wildman–Crippen MR) is 118 cm³/mol. The molecule has 0 aliphatic carbocycles. The second-order valence-electron chi connectivity index (χ2n) is 8.05. The number of aliphatic imine (C=N–C) groups is 1. The maximum atomic E-state index is 13.3. The van der Waals surface area contributed by atoms with Crippen molar-refractivity contribution in [2.75, 3.05) is 11.9 Å². The molecule has 4 rings (SSSR count). The molecule has 3 atom stereocenters. The van der Waals surface area contributed by atoms with Gasteiger partial charge in [-0.25, -0.2) is 4.79 Å². The van der Waals surface area contributed by atoms with Gasteiger partial charge < -0.3 is 10.2 Å². The maximum absolute atomic E-state index is 13.3. The first-order valence-corrected chi connectivity index (χ1v) is 10.2. The molecule has 0 bridgehead atoms. The standard InChI is InChI=1S/C24H24N4O3/c1-3-20(29)28-13-18(15-7-9-16(10-8-15)23(25)30)22(28)24(31)27-19-6-4-5-17-11-14(2)12-26-21(17)19/h3-10,12,14,18,22H,1,11,13H2,2H3,(H2,25,30)(H,27,31)/p+1. The van der Waals surface area contributed by atoms with Crippen LogP contribution in [0.15, 0.2) is 60.1 Å². The zero-order chi connectivity index (χ0) is 22.1. The van der Waals surface area contributed by atoms with Crippen LogP contribution < -0.4 is 11.1 Å². The van der Waals surface area contributed by atoms with Crippen LogP contribution in [0.4, 0.5) is 11.4 Å². The average molecular weight is 417 g/mol. The minimum atomic E-state index is -0.672. The number of carbonyl (C=O) groups is 3. The highest BCUT2D eigenvalue weighted by molar-refractivity contribution is 6.03. The normalized spacial score (nSPS) is 21.6. The summed E-state index contributed by atoms with van der Waals surface area (Å²) in [5, 5.41) is 2.98. The first kappa shape index (κ1) is 20.7. The molecule has 31 heavy (non-hydrogen) atoms. The maximum Gasteiger partial charge on any atom is 0.340 e. The van der Waals surface area contributed by atoms with Crippen molar-refractivity contribution in [2.24, 2.45) is 10.9 Å². The van der Waals surface area contributed by atoms with Gasteiger partial charge in [-0.15, -0.1) is 0 Å². The van der Waals surface area contributed by atoms with Gasteiger partial charge in [-0.2, -0.15) is 0 Å². The van der Waals surface area contributed by atoms with Gasteiger partial charge in [-0.1, -0.05) is 37.8 Å². The Labute approximate surface area is 180 Å². The number of carbonyl (C=O) groups excluding carboxylic acids is 3. The minimum absolute atomic E-state index is 0.180. The molecule has 0 radical (unpaired) electrons. The summed E-state index contributed by atoms with van der Waals surface area (Å²) in [6.07, 6.45) is 3.98. The van der Waals surface area contributed by atoms with Gasteiger partial charge in [0, 0.05) is 18.7 Å². The predicted octanol–water partition coefficient (Wildman–Crippen LogP) is 2.08. The number of para-hydroxylation sites is 1. The Morgan fingerprint density at radius 2 is 1.94 bits per heavy atom. The fraction of sp³-hybridized carbons (Fsp3) is 0.250. The second-order valence-corrected chi connectivity index (χ2v) is 8.05. The second kappa shape index (κ2) is 8.28. The van der Waals surface area contributed by atoms with Crippen LogP contribution in [0, 0.1) is 5.92 Å². The van der Waals surface area contributed by atoms with E-state index in [0.29, 0.717) is 23.7 Å². The molecule has 2 heterocycles. The number of hydrogen-bond donors (Lipinski definition) is 2. The Hall–Kier alpha value is -3.58. The van der Waals surface area contributed by atoms with Crippen LogP contribution in [0.3, 0.4) is 0 Å². The molecule has 7 nitrogen and oxygen atoms in total. The summed E-state index contributed by atoms with van der Waals surface area (Å²) >= 11 is 0. The summed E-state index contributed by atoms with van der Waals surface area (Å²) in [5.74, 6) is -0.653. The lowest BCUT2D eigenvalue weighted by Crippen LogP contribution is -2.61. The van der Waals surface area contributed by atoms with Crippen LogP contribution in [-0.4, -0.2) is 41.4 Å². The first-order valence-electron chi connectivity index (χ1n) is 10.2. The first-order chi connectivity index (χ1) is 14.9. The van der Waals surface area contributed by atoms with Crippen molar-refractivity contribution in [3.8, 4) is 0 Å². The van der Waals surface area contributed by atoms with Crippen LogP contribution in [0.5, 0.6) is 0 Å². The van der Waals surface area contributed by atoms with Gasteiger partial charge in [0.2, 0.25) is 11.8 Å². The molecule has 2 aliphatic rings. The van der Waals surface area contributed by atoms with E-state index in [1.54, 1.807) is 12.1 Å². The molecule has 4 N–H and O–H groups in total. The summed E-state index contributed by atoms with van der Waals surface area (Å²) in [5.41, 5.74) is 7.31. The number of nitrogens with one attached hydrogen (secondary N) is 1. The van der Waals surface area contributed by atoms with Gasteiger partial charge in [-0.3, -0.25) is 20.3 Å². The summed E-state index contributed by atoms with van der Waals surface area (Å²) in [6.45, 7) is 6.05. The molecule has 0 aromatic heterocycles. The summed E-state index contributed by atoms with van der Waals surface area (Å²) in [6, 6.07) is 12.1. The largest absolute Gasteiger partial charge is 0.340 e. The Kier molecular flexibility index (Phi) is 5.52. The van der Waals surface area contributed by atoms with Crippen LogP contribution in [0.2, 0.25) is 0 Å². The highest BCUT2D eigenvalue weighted by Crippen LogP contribution is 2.38. The van der Waals surface area contributed by atoms with Gasteiger partial charge >= 0.3 is 5.91 Å². The lowest BCUT2D eigenvalue weighted by molar-refractivity contribution is -0.255. The lowest BCUT2D eigenvalue weighted by atomic mass is 9.81. The minimum Gasteiger partial charge on any atom is -0.326 e. The number of likely N-dealkylation sites (tertiary alicyclic amines) is 1. The van der Waals surface area contributed by atoms with Crippen molar-refractivity contribution < 1.29 is 20.1 Å². The molecule has 158 valence electrons. The van der Waals surface area contributed by atoms with E-state index in [4.69, 9.17) is 0 Å². The lowest BCUT2D eigenvalue weighted by Gasteiger charge is -2.46. The summed E-state index contributed by atoms with van der Waals surface area (Å²) < 4.78 is 0. The number of fused-ring (bicyclic) bond motifs is 1. The van der Waals surface area contributed by atoms with E-state index in [0.717, 1.165) is 23.2 Å². The van der Waals surface area contributed by atoms with E-state index in [1.165, 1.54) is 11.0 Å². The number of anilines is 1. The highest BCUT2D eigenvalue weighted by Gasteiger charge is 2.46. The van der Waals surface area contributed by atoms with Crippen molar-refractivity contribution in [3.63, 3.8) is 0 Å². The SMILES string of the molecule is C=CC(=O)N1CC(c2ccc(C([NH3+])=O)cc2)C1C(=O)Nc1cccc2c1N=CC(C)C2. The zero-order valence-corrected chi connectivity index (χ0v) is 17.4. The number of benzene rings is 2. The molecule has 3 amide bonds. The van der Waals surface area contributed by atoms with E-state index in [1.807, 2.05) is 36.5 Å². The van der Waals surface area contributed by atoms with Gasteiger partial charge in [-0.05, 0) is 47.7 Å². The molecule has 1 saturated heterocycles. The Balaban J connectivity index is 1.60. The van der Waals surface area contributed by atoms with Crippen molar-refractivity contribution in [3.05, 3.63) is 71.8 Å². The van der Waals surface area contributed by atoms with Crippen LogP contribution in [0.25, 0.3) is 0 Å². The number of hydrogen-bond acceptors (Lipinski definition) is 4. The Bertz CT molecular complexity index is 1090. The Morgan fingerprint density at radius 1 is 1.19 bits per heavy atom. The molecule has 0 spiro atoms. The van der Waals surface area contributed by atoms with E-state index in [2.05, 4.69) is 29.5 Å². The zero-order valence-electron chi connectivity index (χ0n) is 17.4. The number of rotatable bonds is 5. The number of quaternary nitrogens is 1. The fourth-order valence-corrected chi connectivity index (χ4v) is 4.19. The van der Waals surface area contributed by atoms with E-state index in [9.17, 15) is 14.4 Å². The molecule has 2 aliphatic heterocycles. The third-order valence-electron chi connectivity index (χ3n) is 5.87. The molecule has 2 aromatic rings. The van der Waals surface area contributed by atoms with Gasteiger partial charge in [0.15, 0.2) is 0 Å². The van der Waals surface area contributed by atoms with Gasteiger partial charge in [0.1, 0.15) is 6.04 Å². The number of nitrogens with zero attached hydrogens (tertiary/aromatic N) is 2. The van der Waals surface area contributed by atoms with E-state index in [-0.39, 0.29) is 23.6 Å². The quantitative estimate of drug-likeness (QED) is 0.728. The molecule has 2 aromatic carbocycles. The molecule has 3 unspecified atom stereocenters. The van der Waals surface area contributed by atoms with Crippen LogP contribution in [-0.2, 0) is 16.0 Å². The van der Waals surface area contributed by atoms with Crippen LogP contribution >= 0.6 is 0 Å². The van der Waals surface area contributed by atoms with Crippen molar-refractivity contribution in [1.29, 1.82) is 0 Å². The van der Waals surface area contributed by atoms with Gasteiger partial charge in [0.05, 0.1) is 16.9 Å². The van der Waals surface area contributed by atoms with Gasteiger partial charge in [0.25, 0.3) is 0 Å². The molecule has 0 saturated carbocycles. The highest BCUT2D eigenvalue weighted by atomic mass is 16.2. The molecule has 1 fully saturated rings. The molecule has 7 heteroatoms. The smallest absolute Gasteiger partial charge is 0.326 e. The Morgan fingerprint density at radius 3 is 2.61 bits per heavy atom. The monoisotopic (exact) mass is 417 g/mol. The van der Waals surface area contributed by atoms with Crippen LogP contribution in [0.1, 0.15) is 34.3 Å². The third kappa shape index (κ3) is 3.92. The van der Waals surface area contributed by atoms with Crippen molar-refractivity contribution >= 4 is 35.3 Å². The van der Waals surface area contributed by atoms with Crippen molar-refractivity contribution in [2.45, 2.75) is 25.3 Å². The summed E-state index contributed by atoms with van der Waals surface area (Å²) in [7, 11) is 0. The van der Waals surface area contributed by atoms with E-state index >= 15 is 0 Å². The topological polar surface area (TPSA) is 106 Å². The molecular formula is C24H25N4O3+. The van der Waals surface area contributed by atoms with E-state index < -0.39 is 6.04 Å². The third-order valence-corrected chi connectivity index (χ3v) is 5.87.